The Balaban J connectivity index is 1.99. The lowest BCUT2D eigenvalue weighted by Crippen LogP contribution is -2.45. The average molecular weight is 421 g/mol. The molecule has 1 aromatic rings. The van der Waals surface area contributed by atoms with E-state index in [4.69, 9.17) is 4.74 Å². The predicted molar refractivity (Wildman–Crippen MR) is 114 cm³/mol. The van der Waals surface area contributed by atoms with Gasteiger partial charge in [-0.1, -0.05) is 13.8 Å². The van der Waals surface area contributed by atoms with Crippen molar-refractivity contribution in [1.82, 2.24) is 19.6 Å². The molecule has 0 aromatic carbocycles. The summed E-state index contributed by atoms with van der Waals surface area (Å²) in [5.41, 5.74) is 1.10. The van der Waals surface area contributed by atoms with Crippen molar-refractivity contribution >= 4 is 17.8 Å². The molecule has 0 bridgehead atoms. The Kier molecular flexibility index (Phi) is 7.66. The van der Waals surface area contributed by atoms with Crippen LogP contribution in [0.3, 0.4) is 0 Å². The third-order valence-corrected chi connectivity index (χ3v) is 5.37. The van der Waals surface area contributed by atoms with Gasteiger partial charge in [-0.05, 0) is 52.5 Å². The Morgan fingerprint density at radius 3 is 2.30 bits per heavy atom. The fourth-order valence-electron chi connectivity index (χ4n) is 3.64. The van der Waals surface area contributed by atoms with Gasteiger partial charge in [-0.2, -0.15) is 5.10 Å². The van der Waals surface area contributed by atoms with Gasteiger partial charge >= 0.3 is 5.97 Å². The fraction of sp³-hybridized carbons (Fsp3) is 0.727. The molecule has 1 aromatic heterocycles. The van der Waals surface area contributed by atoms with Crippen LogP contribution in [-0.2, 0) is 19.9 Å². The van der Waals surface area contributed by atoms with E-state index in [2.05, 4.69) is 18.9 Å². The second kappa shape index (κ2) is 9.62. The minimum atomic E-state index is -0.269. The molecule has 1 fully saturated rings. The van der Waals surface area contributed by atoms with Gasteiger partial charge in [-0.15, -0.1) is 0 Å². The topological polar surface area (TPSA) is 84.7 Å². The molecule has 1 saturated heterocycles. The van der Waals surface area contributed by atoms with Crippen LogP contribution in [0.5, 0.6) is 0 Å². The zero-order valence-corrected chi connectivity index (χ0v) is 19.4. The van der Waals surface area contributed by atoms with Gasteiger partial charge in [0.2, 0.25) is 5.91 Å². The maximum atomic E-state index is 12.9. The van der Waals surface area contributed by atoms with Gasteiger partial charge < -0.3 is 14.5 Å². The fourth-order valence-corrected chi connectivity index (χ4v) is 3.64. The molecule has 0 unspecified atom stereocenters. The molecule has 0 spiro atoms. The van der Waals surface area contributed by atoms with Crippen LogP contribution in [-0.4, -0.2) is 70.7 Å². The van der Waals surface area contributed by atoms with Gasteiger partial charge in [0.05, 0.1) is 24.6 Å². The second-order valence-electron chi connectivity index (χ2n) is 9.26. The molecular formula is C22H36N4O4. The number of carbonyl (C=O) groups is 3. The zero-order valence-electron chi connectivity index (χ0n) is 19.4. The summed E-state index contributed by atoms with van der Waals surface area (Å²) < 4.78 is 6.96. The van der Waals surface area contributed by atoms with E-state index in [1.54, 1.807) is 18.9 Å². The number of ether oxygens (including phenoxy) is 1. The molecule has 0 N–H and O–H groups in total. The molecule has 0 radical (unpaired) electrons. The van der Waals surface area contributed by atoms with Crippen LogP contribution >= 0.6 is 0 Å². The number of aromatic nitrogens is 2. The number of rotatable bonds is 6. The van der Waals surface area contributed by atoms with Crippen LogP contribution in [0.25, 0.3) is 0 Å². The normalized spacial score (nSPS) is 15.4. The van der Waals surface area contributed by atoms with Crippen LogP contribution in [0, 0.1) is 5.92 Å². The molecule has 1 aliphatic rings. The minimum absolute atomic E-state index is 0.0116. The van der Waals surface area contributed by atoms with Crippen molar-refractivity contribution in [3.8, 4) is 0 Å². The van der Waals surface area contributed by atoms with Crippen LogP contribution in [0.15, 0.2) is 6.07 Å². The Morgan fingerprint density at radius 1 is 1.23 bits per heavy atom. The first-order valence-electron chi connectivity index (χ1n) is 10.8. The van der Waals surface area contributed by atoms with Gasteiger partial charge in [-0.25, -0.2) is 0 Å². The summed E-state index contributed by atoms with van der Waals surface area (Å²) in [5, 5.41) is 4.54. The summed E-state index contributed by atoms with van der Waals surface area (Å²) in [6, 6.07) is 1.82. The SMILES string of the molecule is CCOC(=O)C1CCN(C(=O)CN(C)C(=O)c2cc(C(C)C)n(C(C)(C)C)n2)CC1. The van der Waals surface area contributed by atoms with E-state index in [0.717, 1.165) is 5.69 Å². The summed E-state index contributed by atoms with van der Waals surface area (Å²) in [7, 11) is 1.62. The maximum absolute atomic E-state index is 12.9. The first-order valence-corrected chi connectivity index (χ1v) is 10.8. The van der Waals surface area contributed by atoms with Crippen molar-refractivity contribution in [3.05, 3.63) is 17.5 Å². The third-order valence-electron chi connectivity index (χ3n) is 5.37. The van der Waals surface area contributed by atoms with E-state index in [1.807, 2.05) is 31.5 Å². The molecule has 0 aliphatic carbocycles. The molecule has 8 nitrogen and oxygen atoms in total. The first kappa shape index (κ1) is 23.9. The highest BCUT2D eigenvalue weighted by Crippen LogP contribution is 2.24. The molecule has 0 atom stereocenters. The lowest BCUT2D eigenvalue weighted by Gasteiger charge is -2.32. The lowest BCUT2D eigenvalue weighted by atomic mass is 9.97. The number of likely N-dealkylation sites (N-methyl/N-ethyl adjacent to an activating group) is 1. The van der Waals surface area contributed by atoms with E-state index in [0.29, 0.717) is 38.2 Å². The summed E-state index contributed by atoms with van der Waals surface area (Å²) in [5.74, 6) is -0.496. The van der Waals surface area contributed by atoms with Gasteiger partial charge in [0.15, 0.2) is 5.69 Å². The Bertz CT molecular complexity index is 771. The van der Waals surface area contributed by atoms with Crippen molar-refractivity contribution in [3.63, 3.8) is 0 Å². The molecule has 2 rings (SSSR count). The van der Waals surface area contributed by atoms with Crippen LogP contribution in [0.4, 0.5) is 0 Å². The van der Waals surface area contributed by atoms with E-state index in [-0.39, 0.29) is 41.7 Å². The minimum Gasteiger partial charge on any atom is -0.466 e. The highest BCUT2D eigenvalue weighted by atomic mass is 16.5. The smallest absolute Gasteiger partial charge is 0.309 e. The number of nitrogens with zero attached hydrogens (tertiary/aromatic N) is 4. The number of likely N-dealkylation sites (tertiary alicyclic amines) is 1. The Morgan fingerprint density at radius 2 is 1.83 bits per heavy atom. The van der Waals surface area contributed by atoms with Crippen LogP contribution < -0.4 is 0 Å². The van der Waals surface area contributed by atoms with E-state index in [9.17, 15) is 14.4 Å². The monoisotopic (exact) mass is 420 g/mol. The summed E-state index contributed by atoms with van der Waals surface area (Å²) in [6.45, 7) is 13.4. The third kappa shape index (κ3) is 5.61. The maximum Gasteiger partial charge on any atom is 0.309 e. The number of amides is 2. The number of carbonyl (C=O) groups excluding carboxylic acids is 3. The second-order valence-corrected chi connectivity index (χ2v) is 9.26. The standard InChI is InChI=1S/C22H36N4O4/c1-8-30-21(29)16-9-11-25(12-10-16)19(27)14-24(7)20(28)17-13-18(15(2)3)26(23-17)22(4,5)6/h13,15-16H,8-12,14H2,1-7H3. The molecule has 2 amide bonds. The molecule has 168 valence electrons. The van der Waals surface area contributed by atoms with Gasteiger partial charge in [0.1, 0.15) is 0 Å². The van der Waals surface area contributed by atoms with Crippen molar-refractivity contribution in [2.45, 2.75) is 65.8 Å². The van der Waals surface area contributed by atoms with Gasteiger partial charge in [-0.3, -0.25) is 19.1 Å². The largest absolute Gasteiger partial charge is 0.466 e. The molecule has 8 heteroatoms. The highest BCUT2D eigenvalue weighted by Gasteiger charge is 2.30. The van der Waals surface area contributed by atoms with Gasteiger partial charge in [0, 0.05) is 25.8 Å². The predicted octanol–water partition coefficient (Wildman–Crippen LogP) is 2.64. The van der Waals surface area contributed by atoms with E-state index >= 15 is 0 Å². The zero-order chi connectivity index (χ0) is 22.6. The number of hydrogen-bond donors (Lipinski definition) is 0. The highest BCUT2D eigenvalue weighted by molar-refractivity contribution is 5.95. The van der Waals surface area contributed by atoms with Crippen molar-refractivity contribution in [2.24, 2.45) is 5.92 Å². The lowest BCUT2D eigenvalue weighted by molar-refractivity contribution is -0.151. The van der Waals surface area contributed by atoms with Crippen LogP contribution in [0.1, 0.15) is 76.5 Å². The quantitative estimate of drug-likeness (QED) is 0.661. The number of piperidine rings is 1. The number of hydrogen-bond acceptors (Lipinski definition) is 5. The molecule has 0 saturated carbocycles. The van der Waals surface area contributed by atoms with E-state index < -0.39 is 0 Å². The van der Waals surface area contributed by atoms with Gasteiger partial charge in [0.25, 0.3) is 5.91 Å². The Labute approximate surface area is 179 Å². The first-order chi connectivity index (χ1) is 14.0. The summed E-state index contributed by atoms with van der Waals surface area (Å²) in [4.78, 5) is 40.6. The molecule has 2 heterocycles. The molecule has 30 heavy (non-hydrogen) atoms. The summed E-state index contributed by atoms with van der Waals surface area (Å²) >= 11 is 0. The van der Waals surface area contributed by atoms with Crippen molar-refractivity contribution < 1.29 is 19.1 Å². The van der Waals surface area contributed by atoms with Crippen molar-refractivity contribution in [1.29, 1.82) is 0 Å². The van der Waals surface area contributed by atoms with E-state index in [1.165, 1.54) is 4.90 Å². The summed E-state index contributed by atoms with van der Waals surface area (Å²) in [6.07, 6.45) is 1.19. The Hall–Kier alpha value is -2.38. The van der Waals surface area contributed by atoms with Crippen molar-refractivity contribution in [2.75, 3.05) is 33.3 Å². The number of esters is 1. The molecule has 1 aliphatic heterocycles. The molecular weight excluding hydrogens is 384 g/mol. The van der Waals surface area contributed by atoms with Crippen LogP contribution in [0.2, 0.25) is 0 Å². The average Bonchev–Trinajstić information content (AvgIpc) is 3.14.